The maximum Gasteiger partial charge on any atom is 0.0881 e. The summed E-state index contributed by atoms with van der Waals surface area (Å²) in [5, 5.41) is 11.8. The van der Waals surface area contributed by atoms with Crippen molar-refractivity contribution in [3.05, 3.63) is 17.1 Å². The van der Waals surface area contributed by atoms with Gasteiger partial charge in [-0.1, -0.05) is 0 Å². The first-order chi connectivity index (χ1) is 5.78. The highest BCUT2D eigenvalue weighted by atomic mass is 32.1. The maximum atomic E-state index is 9.89. The molecular weight excluding hydrogens is 172 g/mol. The second-order valence-electron chi connectivity index (χ2n) is 3.43. The lowest BCUT2D eigenvalue weighted by molar-refractivity contribution is 0.0977. The molecule has 1 aromatic rings. The standard InChI is InChI=1S/C8H12N2OS/c9-5-8(1-2-8)7(11)6-3-10-12-4-6/h3-4,7,11H,1-2,5,9H2. The molecule has 1 heterocycles. The molecule has 1 aliphatic rings. The molecule has 0 bridgehead atoms. The molecule has 1 unspecified atom stereocenters. The van der Waals surface area contributed by atoms with Crippen molar-refractivity contribution >= 4 is 11.5 Å². The van der Waals surface area contributed by atoms with Crippen LogP contribution in [0.5, 0.6) is 0 Å². The molecule has 1 aliphatic carbocycles. The van der Waals surface area contributed by atoms with Crippen molar-refractivity contribution in [2.24, 2.45) is 11.1 Å². The minimum atomic E-state index is -0.402. The van der Waals surface area contributed by atoms with E-state index in [4.69, 9.17) is 5.73 Å². The molecule has 1 atom stereocenters. The predicted molar refractivity (Wildman–Crippen MR) is 47.8 cm³/mol. The van der Waals surface area contributed by atoms with Gasteiger partial charge >= 0.3 is 0 Å². The third-order valence-corrected chi connectivity index (χ3v) is 3.25. The third-order valence-electron chi connectivity index (χ3n) is 2.65. The van der Waals surface area contributed by atoms with Crippen LogP contribution >= 0.6 is 11.5 Å². The monoisotopic (exact) mass is 184 g/mol. The van der Waals surface area contributed by atoms with Crippen LogP contribution in [0.15, 0.2) is 11.6 Å². The number of aliphatic hydroxyl groups excluding tert-OH is 1. The summed E-state index contributed by atoms with van der Waals surface area (Å²) in [4.78, 5) is 0. The van der Waals surface area contributed by atoms with E-state index in [-0.39, 0.29) is 5.41 Å². The van der Waals surface area contributed by atoms with Gasteiger partial charge in [-0.15, -0.1) is 0 Å². The van der Waals surface area contributed by atoms with Gasteiger partial charge in [0.25, 0.3) is 0 Å². The summed E-state index contributed by atoms with van der Waals surface area (Å²) in [5.41, 5.74) is 6.49. The van der Waals surface area contributed by atoms with E-state index in [1.165, 1.54) is 11.5 Å². The van der Waals surface area contributed by atoms with E-state index in [1.807, 2.05) is 5.38 Å². The fraction of sp³-hybridized carbons (Fsp3) is 0.625. The Labute approximate surface area is 75.4 Å². The molecule has 1 fully saturated rings. The molecule has 3 N–H and O–H groups in total. The fourth-order valence-electron chi connectivity index (χ4n) is 1.45. The molecule has 1 aromatic heterocycles. The van der Waals surface area contributed by atoms with Crippen molar-refractivity contribution in [1.29, 1.82) is 0 Å². The number of aliphatic hydroxyl groups is 1. The van der Waals surface area contributed by atoms with E-state index < -0.39 is 6.10 Å². The van der Waals surface area contributed by atoms with Crippen molar-refractivity contribution in [2.45, 2.75) is 18.9 Å². The Hall–Kier alpha value is -0.450. The van der Waals surface area contributed by atoms with Gasteiger partial charge in [-0.05, 0) is 24.4 Å². The van der Waals surface area contributed by atoms with E-state index in [0.717, 1.165) is 18.4 Å². The Morgan fingerprint density at radius 1 is 1.75 bits per heavy atom. The molecule has 0 aliphatic heterocycles. The minimum Gasteiger partial charge on any atom is -0.388 e. The van der Waals surface area contributed by atoms with Crippen LogP contribution in [-0.4, -0.2) is 16.0 Å². The average Bonchev–Trinajstić information content (AvgIpc) is 2.71. The normalized spacial score (nSPS) is 22.2. The maximum absolute atomic E-state index is 9.89. The van der Waals surface area contributed by atoms with Crippen LogP contribution < -0.4 is 5.73 Å². The predicted octanol–water partition coefficient (Wildman–Crippen LogP) is 0.915. The smallest absolute Gasteiger partial charge is 0.0881 e. The molecule has 12 heavy (non-hydrogen) atoms. The first-order valence-corrected chi connectivity index (χ1v) is 4.89. The molecule has 0 saturated heterocycles. The van der Waals surface area contributed by atoms with Gasteiger partial charge < -0.3 is 10.8 Å². The molecule has 2 rings (SSSR count). The van der Waals surface area contributed by atoms with Crippen LogP contribution in [-0.2, 0) is 0 Å². The highest BCUT2D eigenvalue weighted by Gasteiger charge is 2.48. The SMILES string of the molecule is NCC1(C(O)c2cnsc2)CC1. The molecule has 0 amide bonds. The summed E-state index contributed by atoms with van der Waals surface area (Å²) in [5.74, 6) is 0. The minimum absolute atomic E-state index is 0.0250. The fourth-order valence-corrected chi connectivity index (χ4v) is 2.01. The van der Waals surface area contributed by atoms with Gasteiger partial charge in [0.1, 0.15) is 0 Å². The Balaban J connectivity index is 2.15. The first kappa shape index (κ1) is 8.16. The second kappa shape index (κ2) is 2.80. The first-order valence-electron chi connectivity index (χ1n) is 4.06. The molecule has 66 valence electrons. The zero-order chi connectivity index (χ0) is 8.60. The van der Waals surface area contributed by atoms with Gasteiger partial charge in [-0.2, -0.15) is 0 Å². The van der Waals surface area contributed by atoms with Crippen LogP contribution in [0.25, 0.3) is 0 Å². The zero-order valence-electron chi connectivity index (χ0n) is 6.73. The Bertz CT molecular complexity index is 256. The molecule has 1 saturated carbocycles. The van der Waals surface area contributed by atoms with E-state index >= 15 is 0 Å². The van der Waals surface area contributed by atoms with E-state index in [0.29, 0.717) is 6.54 Å². The van der Waals surface area contributed by atoms with Crippen molar-refractivity contribution in [1.82, 2.24) is 4.37 Å². The molecule has 0 aromatic carbocycles. The van der Waals surface area contributed by atoms with Crippen molar-refractivity contribution in [2.75, 3.05) is 6.54 Å². The molecule has 0 spiro atoms. The molecule has 3 nitrogen and oxygen atoms in total. The van der Waals surface area contributed by atoms with Crippen LogP contribution in [0.4, 0.5) is 0 Å². The summed E-state index contributed by atoms with van der Waals surface area (Å²) in [6.45, 7) is 0.573. The van der Waals surface area contributed by atoms with Gasteiger partial charge in [0.2, 0.25) is 0 Å². The Kier molecular flexibility index (Phi) is 1.90. The lowest BCUT2D eigenvalue weighted by atomic mass is 9.95. The van der Waals surface area contributed by atoms with Gasteiger partial charge in [-0.3, -0.25) is 0 Å². The van der Waals surface area contributed by atoms with E-state index in [1.54, 1.807) is 6.20 Å². The van der Waals surface area contributed by atoms with Crippen LogP contribution in [0.2, 0.25) is 0 Å². The lowest BCUT2D eigenvalue weighted by Crippen LogP contribution is -2.23. The second-order valence-corrected chi connectivity index (χ2v) is 4.08. The van der Waals surface area contributed by atoms with Gasteiger partial charge in [-0.25, -0.2) is 4.37 Å². The molecule has 0 radical (unpaired) electrons. The van der Waals surface area contributed by atoms with E-state index in [9.17, 15) is 5.11 Å². The molecular formula is C8H12N2OS. The zero-order valence-corrected chi connectivity index (χ0v) is 7.55. The van der Waals surface area contributed by atoms with Crippen LogP contribution in [0.1, 0.15) is 24.5 Å². The van der Waals surface area contributed by atoms with Crippen molar-refractivity contribution in [3.8, 4) is 0 Å². The number of rotatable bonds is 3. The third kappa shape index (κ3) is 1.16. The summed E-state index contributed by atoms with van der Waals surface area (Å²) >= 11 is 1.37. The summed E-state index contributed by atoms with van der Waals surface area (Å²) < 4.78 is 3.96. The van der Waals surface area contributed by atoms with E-state index in [2.05, 4.69) is 4.37 Å². The summed E-state index contributed by atoms with van der Waals surface area (Å²) in [6, 6.07) is 0. The average molecular weight is 184 g/mol. The van der Waals surface area contributed by atoms with Gasteiger partial charge in [0.15, 0.2) is 0 Å². The van der Waals surface area contributed by atoms with Crippen molar-refractivity contribution in [3.63, 3.8) is 0 Å². The topological polar surface area (TPSA) is 59.1 Å². The summed E-state index contributed by atoms with van der Waals surface area (Å²) in [7, 11) is 0. The number of nitrogens with zero attached hydrogens (tertiary/aromatic N) is 1. The van der Waals surface area contributed by atoms with Crippen molar-refractivity contribution < 1.29 is 5.11 Å². The highest BCUT2D eigenvalue weighted by molar-refractivity contribution is 7.03. The lowest BCUT2D eigenvalue weighted by Gasteiger charge is -2.18. The quantitative estimate of drug-likeness (QED) is 0.734. The Morgan fingerprint density at radius 2 is 2.50 bits per heavy atom. The van der Waals surface area contributed by atoms with Gasteiger partial charge in [0, 0.05) is 29.1 Å². The number of nitrogens with two attached hydrogens (primary N) is 1. The van der Waals surface area contributed by atoms with Crippen LogP contribution in [0.3, 0.4) is 0 Å². The highest BCUT2D eigenvalue weighted by Crippen LogP contribution is 2.54. The number of hydrogen-bond acceptors (Lipinski definition) is 4. The van der Waals surface area contributed by atoms with Crippen LogP contribution in [0, 0.1) is 5.41 Å². The number of aromatic nitrogens is 1. The number of hydrogen-bond donors (Lipinski definition) is 2. The Morgan fingerprint density at radius 3 is 2.92 bits per heavy atom. The summed E-state index contributed by atoms with van der Waals surface area (Å²) in [6.07, 6.45) is 3.41. The largest absolute Gasteiger partial charge is 0.388 e. The van der Waals surface area contributed by atoms with Gasteiger partial charge in [0.05, 0.1) is 6.10 Å². The molecule has 4 heteroatoms.